The first-order valence-corrected chi connectivity index (χ1v) is 10.1. The molecule has 0 heterocycles. The summed E-state index contributed by atoms with van der Waals surface area (Å²) in [6.07, 6.45) is 1.92. The first kappa shape index (κ1) is 16.6. The number of rotatable bonds is 8. The van der Waals surface area contributed by atoms with Crippen LogP contribution < -0.4 is 0 Å². The molecule has 0 fully saturated rings. The van der Waals surface area contributed by atoms with E-state index >= 15 is 0 Å². The topological polar surface area (TPSA) is 43.4 Å². The van der Waals surface area contributed by atoms with Crippen molar-refractivity contribution in [2.24, 2.45) is 0 Å². The lowest BCUT2D eigenvalue weighted by Crippen LogP contribution is -2.05. The molecule has 1 aromatic rings. The maximum Gasteiger partial charge on any atom is 0.518 e. The van der Waals surface area contributed by atoms with E-state index in [0.29, 0.717) is 18.9 Å². The van der Waals surface area contributed by atoms with Crippen LogP contribution in [0.25, 0.3) is 0 Å². The Bertz CT molecular complexity index is 437. The molecular weight excluding hydrogens is 278 g/mol. The monoisotopic (exact) mass is 301 g/mol. The standard InChI is InChI=1S/C14H23O3P2/c1-4-19(16,5-2)13(3)18(15)17-12-11-14-9-7-6-8-10-14/h6-10,13H,4-5,11-12H2,1-3H3/q+1. The highest BCUT2D eigenvalue weighted by atomic mass is 31.2. The molecule has 0 bridgehead atoms. The first-order chi connectivity index (χ1) is 9.03. The predicted molar refractivity (Wildman–Crippen MR) is 81.9 cm³/mol. The third-order valence-corrected chi connectivity index (χ3v) is 9.89. The van der Waals surface area contributed by atoms with Gasteiger partial charge >= 0.3 is 8.03 Å². The molecular formula is C14H23O3P2+. The van der Waals surface area contributed by atoms with Crippen LogP contribution >= 0.6 is 15.2 Å². The van der Waals surface area contributed by atoms with Crippen molar-refractivity contribution in [3.05, 3.63) is 35.9 Å². The highest BCUT2D eigenvalue weighted by Gasteiger charge is 2.42. The maximum atomic E-state index is 12.5. The van der Waals surface area contributed by atoms with Crippen LogP contribution in [0.2, 0.25) is 0 Å². The van der Waals surface area contributed by atoms with E-state index in [4.69, 9.17) is 4.52 Å². The molecule has 0 spiro atoms. The zero-order valence-corrected chi connectivity index (χ0v) is 13.7. The van der Waals surface area contributed by atoms with Gasteiger partial charge in [-0.15, -0.1) is 4.52 Å². The summed E-state index contributed by atoms with van der Waals surface area (Å²) >= 11 is 0. The summed E-state index contributed by atoms with van der Waals surface area (Å²) in [4.78, 5) is 0. The summed E-state index contributed by atoms with van der Waals surface area (Å²) in [5, 5.41) is -0.340. The first-order valence-electron chi connectivity index (χ1n) is 6.74. The van der Waals surface area contributed by atoms with Crippen LogP contribution in [0.4, 0.5) is 0 Å². The van der Waals surface area contributed by atoms with Gasteiger partial charge in [-0.1, -0.05) is 44.2 Å². The molecule has 0 amide bonds. The zero-order chi connectivity index (χ0) is 14.3. The van der Waals surface area contributed by atoms with Gasteiger partial charge in [-0.05, 0) is 17.1 Å². The van der Waals surface area contributed by atoms with Crippen LogP contribution in [0.15, 0.2) is 30.3 Å². The lowest BCUT2D eigenvalue weighted by atomic mass is 10.2. The predicted octanol–water partition coefficient (Wildman–Crippen LogP) is 4.74. The zero-order valence-electron chi connectivity index (χ0n) is 11.9. The summed E-state index contributed by atoms with van der Waals surface area (Å²) < 4.78 is 29.9. The van der Waals surface area contributed by atoms with Crippen molar-refractivity contribution in [3.8, 4) is 0 Å². The fourth-order valence-electron chi connectivity index (χ4n) is 1.93. The fraction of sp³-hybridized carbons (Fsp3) is 0.571. The van der Waals surface area contributed by atoms with Gasteiger partial charge < -0.3 is 4.57 Å². The molecule has 0 saturated carbocycles. The van der Waals surface area contributed by atoms with Crippen LogP contribution in [0, 0.1) is 0 Å². The van der Waals surface area contributed by atoms with Gasteiger partial charge in [-0.3, -0.25) is 0 Å². The highest BCUT2D eigenvalue weighted by Crippen LogP contribution is 2.59. The fourth-order valence-corrected chi connectivity index (χ4v) is 6.48. The van der Waals surface area contributed by atoms with Crippen LogP contribution in [-0.4, -0.2) is 24.3 Å². The molecule has 2 atom stereocenters. The molecule has 3 nitrogen and oxygen atoms in total. The van der Waals surface area contributed by atoms with Gasteiger partial charge in [0.15, 0.2) is 0 Å². The van der Waals surface area contributed by atoms with E-state index in [1.165, 1.54) is 0 Å². The van der Waals surface area contributed by atoms with E-state index in [2.05, 4.69) is 0 Å². The molecule has 5 heteroatoms. The average Bonchev–Trinajstić information content (AvgIpc) is 2.46. The molecule has 0 aliphatic heterocycles. The van der Waals surface area contributed by atoms with E-state index in [1.807, 2.05) is 44.2 Å². The lowest BCUT2D eigenvalue weighted by Gasteiger charge is -2.13. The lowest BCUT2D eigenvalue weighted by molar-refractivity contribution is 0.332. The molecule has 0 saturated heterocycles. The van der Waals surface area contributed by atoms with E-state index < -0.39 is 15.2 Å². The molecule has 0 N–H and O–H groups in total. The Morgan fingerprint density at radius 2 is 1.79 bits per heavy atom. The quantitative estimate of drug-likeness (QED) is 0.651. The summed E-state index contributed by atoms with van der Waals surface area (Å²) in [7, 11) is -4.20. The largest absolute Gasteiger partial charge is 0.518 e. The minimum absolute atomic E-state index is 0.340. The molecule has 19 heavy (non-hydrogen) atoms. The maximum absolute atomic E-state index is 12.5. The van der Waals surface area contributed by atoms with Crippen molar-refractivity contribution >= 4 is 15.2 Å². The molecule has 2 unspecified atom stereocenters. The average molecular weight is 301 g/mol. The Morgan fingerprint density at radius 3 is 2.32 bits per heavy atom. The van der Waals surface area contributed by atoms with Gasteiger partial charge in [-0.2, -0.15) is 0 Å². The minimum Gasteiger partial charge on any atom is -0.319 e. The van der Waals surface area contributed by atoms with Crippen molar-refractivity contribution in [1.29, 1.82) is 0 Å². The molecule has 0 aliphatic rings. The Morgan fingerprint density at radius 1 is 1.21 bits per heavy atom. The summed E-state index contributed by atoms with van der Waals surface area (Å²) in [6, 6.07) is 9.94. The van der Waals surface area contributed by atoms with E-state index in [9.17, 15) is 9.13 Å². The Balaban J connectivity index is 2.45. The van der Waals surface area contributed by atoms with Gasteiger partial charge in [0, 0.05) is 18.7 Å². The summed E-state index contributed by atoms with van der Waals surface area (Å²) in [5.74, 6) is 0. The van der Waals surface area contributed by atoms with Gasteiger partial charge in [0.05, 0.1) is 0 Å². The second kappa shape index (κ2) is 7.94. The molecule has 1 rings (SSSR count). The van der Waals surface area contributed by atoms with Crippen molar-refractivity contribution in [2.75, 3.05) is 18.9 Å². The molecule has 0 radical (unpaired) electrons. The summed E-state index contributed by atoms with van der Waals surface area (Å²) in [6.45, 7) is 5.99. The molecule has 0 aromatic heterocycles. The second-order valence-corrected chi connectivity index (χ2v) is 10.5. The highest BCUT2D eigenvalue weighted by molar-refractivity contribution is 7.73. The third-order valence-electron chi connectivity index (χ3n) is 3.51. The number of hydrogen-bond acceptors (Lipinski definition) is 3. The van der Waals surface area contributed by atoms with E-state index in [0.717, 1.165) is 12.0 Å². The van der Waals surface area contributed by atoms with Crippen LogP contribution in [0.1, 0.15) is 26.3 Å². The summed E-state index contributed by atoms with van der Waals surface area (Å²) in [5.41, 5.74) is 1.16. The van der Waals surface area contributed by atoms with Crippen molar-refractivity contribution in [1.82, 2.24) is 0 Å². The number of hydrogen-bond donors (Lipinski definition) is 0. The van der Waals surface area contributed by atoms with E-state index in [1.54, 1.807) is 6.92 Å². The Kier molecular flexibility index (Phi) is 6.93. The third kappa shape index (κ3) is 4.84. The molecule has 1 aromatic carbocycles. The van der Waals surface area contributed by atoms with Crippen molar-refractivity contribution < 1.29 is 13.7 Å². The Hall–Kier alpha value is -0.490. The van der Waals surface area contributed by atoms with Crippen molar-refractivity contribution in [2.45, 2.75) is 32.6 Å². The molecule has 106 valence electrons. The second-order valence-electron chi connectivity index (χ2n) is 4.57. The van der Waals surface area contributed by atoms with Crippen molar-refractivity contribution in [3.63, 3.8) is 0 Å². The van der Waals surface area contributed by atoms with Crippen LogP contribution in [0.5, 0.6) is 0 Å². The SMILES string of the molecule is CCP(=O)(CC)C(C)[P+](=O)OCCc1ccccc1. The van der Waals surface area contributed by atoms with Gasteiger partial charge in [0.25, 0.3) is 0 Å². The van der Waals surface area contributed by atoms with Gasteiger partial charge in [0.1, 0.15) is 13.7 Å². The van der Waals surface area contributed by atoms with Crippen LogP contribution in [0.3, 0.4) is 0 Å². The number of benzene rings is 1. The van der Waals surface area contributed by atoms with Gasteiger partial charge in [0.2, 0.25) is 5.40 Å². The van der Waals surface area contributed by atoms with Gasteiger partial charge in [-0.25, -0.2) is 0 Å². The minimum atomic E-state index is -2.35. The normalized spacial score (nSPS) is 14.2. The smallest absolute Gasteiger partial charge is 0.319 e. The Labute approximate surface area is 117 Å². The molecule has 0 aliphatic carbocycles. The van der Waals surface area contributed by atoms with Crippen LogP contribution in [-0.2, 0) is 20.1 Å². The van der Waals surface area contributed by atoms with E-state index in [-0.39, 0.29) is 5.40 Å².